The molecule has 2 N–H and O–H groups in total. The van der Waals surface area contributed by atoms with E-state index in [9.17, 15) is 19.1 Å². The van der Waals surface area contributed by atoms with Gasteiger partial charge < -0.3 is 19.9 Å². The van der Waals surface area contributed by atoms with Crippen LogP contribution in [0.3, 0.4) is 0 Å². The van der Waals surface area contributed by atoms with Crippen molar-refractivity contribution in [3.63, 3.8) is 0 Å². The Morgan fingerprint density at radius 3 is 2.62 bits per heavy atom. The van der Waals surface area contributed by atoms with E-state index in [2.05, 4.69) is 5.32 Å². The van der Waals surface area contributed by atoms with Gasteiger partial charge in [0.1, 0.15) is 17.9 Å². The Labute approximate surface area is 217 Å². The lowest BCUT2D eigenvalue weighted by Gasteiger charge is -2.41. The molecule has 3 atom stereocenters. The van der Waals surface area contributed by atoms with E-state index in [0.29, 0.717) is 12.2 Å². The third-order valence-electron chi connectivity index (χ3n) is 7.21. The molecule has 1 saturated carbocycles. The maximum Gasteiger partial charge on any atom is 0.248 e. The van der Waals surface area contributed by atoms with Gasteiger partial charge in [-0.2, -0.15) is 0 Å². The molecule has 1 saturated heterocycles. The van der Waals surface area contributed by atoms with Crippen LogP contribution in [-0.4, -0.2) is 67.2 Å². The summed E-state index contributed by atoms with van der Waals surface area (Å²) in [6, 6.07) is 11.1. The molecule has 2 aromatic carbocycles. The molecule has 3 unspecified atom stereocenters. The summed E-state index contributed by atoms with van der Waals surface area (Å²) in [5.74, 6) is -1.34. The van der Waals surface area contributed by atoms with Crippen LogP contribution in [0.5, 0.6) is 0 Å². The summed E-state index contributed by atoms with van der Waals surface area (Å²) in [6.45, 7) is 2.45. The highest BCUT2D eigenvalue weighted by molar-refractivity contribution is 6.04. The number of aliphatic hydroxyl groups excluding tert-OH is 1. The van der Waals surface area contributed by atoms with Gasteiger partial charge in [0.2, 0.25) is 18.2 Å². The van der Waals surface area contributed by atoms with Crippen molar-refractivity contribution in [1.29, 1.82) is 0 Å². The molecule has 37 heavy (non-hydrogen) atoms. The highest BCUT2D eigenvalue weighted by Crippen LogP contribution is 2.33. The first-order valence-corrected chi connectivity index (χ1v) is 12.9. The van der Waals surface area contributed by atoms with E-state index in [0.717, 1.165) is 37.7 Å². The van der Waals surface area contributed by atoms with Crippen LogP contribution in [0, 0.1) is 12.7 Å². The van der Waals surface area contributed by atoms with Crippen LogP contribution >= 0.6 is 0 Å². The number of amides is 2. The van der Waals surface area contributed by atoms with Gasteiger partial charge in [0.25, 0.3) is 0 Å². The quantitative estimate of drug-likeness (QED) is 0.527. The third kappa shape index (κ3) is 6.35. The van der Waals surface area contributed by atoms with Gasteiger partial charge in [-0.25, -0.2) is 9.29 Å². The number of anilines is 1. The first-order chi connectivity index (χ1) is 17.9. The zero-order valence-electron chi connectivity index (χ0n) is 21.4. The zero-order chi connectivity index (χ0) is 26.4. The van der Waals surface area contributed by atoms with E-state index in [4.69, 9.17) is 9.47 Å². The number of rotatable bonds is 8. The molecule has 0 bridgehead atoms. The third-order valence-corrected chi connectivity index (χ3v) is 7.21. The number of hydrogen-bond donors (Lipinski definition) is 2. The van der Waals surface area contributed by atoms with Crippen molar-refractivity contribution in [2.75, 3.05) is 31.8 Å². The van der Waals surface area contributed by atoms with E-state index in [1.165, 1.54) is 35.1 Å². The molecule has 8 nitrogen and oxygen atoms in total. The molecule has 2 amide bonds. The number of methoxy groups -OCH3 is 1. The lowest BCUT2D eigenvalue weighted by molar-refractivity contribution is -0.212. The minimum absolute atomic E-state index is 0.00416. The number of aliphatic hydroxyl groups is 1. The van der Waals surface area contributed by atoms with Crippen molar-refractivity contribution < 1.29 is 28.6 Å². The van der Waals surface area contributed by atoms with Crippen molar-refractivity contribution >= 4 is 17.5 Å². The van der Waals surface area contributed by atoms with Gasteiger partial charge >= 0.3 is 0 Å². The van der Waals surface area contributed by atoms with Gasteiger partial charge in [0.05, 0.1) is 13.2 Å². The van der Waals surface area contributed by atoms with Gasteiger partial charge in [-0.3, -0.25) is 14.5 Å². The van der Waals surface area contributed by atoms with Crippen LogP contribution in [0.2, 0.25) is 0 Å². The van der Waals surface area contributed by atoms with Crippen LogP contribution in [0.25, 0.3) is 0 Å². The SMILES string of the molecule is COC(O)N1CCOCC1C(=O)N(c1cccc(F)c1)C(C(=O)NC1CCCCC1)c1ccccc1C. The van der Waals surface area contributed by atoms with Gasteiger partial charge in [-0.1, -0.05) is 49.6 Å². The highest BCUT2D eigenvalue weighted by atomic mass is 19.1. The molecule has 200 valence electrons. The van der Waals surface area contributed by atoms with Crippen LogP contribution in [-0.2, 0) is 19.1 Å². The maximum absolute atomic E-state index is 14.5. The highest BCUT2D eigenvalue weighted by Gasteiger charge is 2.42. The maximum atomic E-state index is 14.5. The summed E-state index contributed by atoms with van der Waals surface area (Å²) in [5, 5.41) is 13.6. The molecular formula is C28H36FN3O5. The molecule has 4 rings (SSSR count). The van der Waals surface area contributed by atoms with Gasteiger partial charge in [0.15, 0.2) is 0 Å². The Morgan fingerprint density at radius 1 is 1.16 bits per heavy atom. The average molecular weight is 514 g/mol. The van der Waals surface area contributed by atoms with E-state index in [1.807, 2.05) is 31.2 Å². The second kappa shape index (κ2) is 12.6. The normalized spacial score (nSPS) is 20.7. The number of halogens is 1. The van der Waals surface area contributed by atoms with Crippen molar-refractivity contribution in [3.05, 3.63) is 65.5 Å². The average Bonchev–Trinajstić information content (AvgIpc) is 2.92. The van der Waals surface area contributed by atoms with Gasteiger partial charge in [-0.05, 0) is 49.1 Å². The number of hydrogen-bond acceptors (Lipinski definition) is 6. The first-order valence-electron chi connectivity index (χ1n) is 12.9. The number of benzene rings is 2. The molecular weight excluding hydrogens is 477 g/mol. The fourth-order valence-corrected chi connectivity index (χ4v) is 5.24. The molecule has 1 aliphatic carbocycles. The van der Waals surface area contributed by atoms with E-state index >= 15 is 0 Å². The monoisotopic (exact) mass is 513 g/mol. The van der Waals surface area contributed by atoms with Gasteiger partial charge in [0, 0.05) is 25.4 Å². The standard InChI is InChI=1S/C28H36FN3O5/c1-19-9-6-7-14-23(19)25(26(33)30-21-11-4-3-5-12-21)32(22-13-8-10-20(29)17-22)27(34)24-18-37-16-15-31(24)28(35)36-2/h6-10,13-14,17,21,24-25,28,35H,3-5,11-12,15-16,18H2,1-2H3,(H,30,33). The van der Waals surface area contributed by atoms with Gasteiger partial charge in [-0.15, -0.1) is 0 Å². The topological polar surface area (TPSA) is 91.3 Å². The predicted octanol–water partition coefficient (Wildman–Crippen LogP) is 3.28. The number of ether oxygens (including phenoxy) is 2. The smallest absolute Gasteiger partial charge is 0.248 e. The summed E-state index contributed by atoms with van der Waals surface area (Å²) < 4.78 is 25.2. The van der Waals surface area contributed by atoms with Crippen molar-refractivity contribution in [1.82, 2.24) is 10.2 Å². The largest absolute Gasteiger partial charge is 0.378 e. The first kappa shape index (κ1) is 27.2. The Morgan fingerprint density at radius 2 is 1.92 bits per heavy atom. The van der Waals surface area contributed by atoms with Crippen LogP contribution in [0.1, 0.15) is 49.3 Å². The summed E-state index contributed by atoms with van der Waals surface area (Å²) in [5.41, 5.74) is 1.72. The van der Waals surface area contributed by atoms with E-state index < -0.39 is 30.2 Å². The molecule has 2 aromatic rings. The number of nitrogens with zero attached hydrogens (tertiary/aromatic N) is 2. The van der Waals surface area contributed by atoms with Crippen molar-refractivity contribution in [3.8, 4) is 0 Å². The minimum Gasteiger partial charge on any atom is -0.378 e. The predicted molar refractivity (Wildman–Crippen MR) is 137 cm³/mol. The number of carbonyl (C=O) groups is 2. The lowest BCUT2D eigenvalue weighted by atomic mass is 9.93. The van der Waals surface area contributed by atoms with Crippen LogP contribution < -0.4 is 10.2 Å². The second-order valence-corrected chi connectivity index (χ2v) is 9.68. The van der Waals surface area contributed by atoms with Crippen molar-refractivity contribution in [2.24, 2.45) is 0 Å². The van der Waals surface area contributed by atoms with Crippen LogP contribution in [0.15, 0.2) is 48.5 Å². The summed E-state index contributed by atoms with van der Waals surface area (Å²) in [7, 11) is 1.35. The molecule has 1 heterocycles. The van der Waals surface area contributed by atoms with E-state index in [1.54, 1.807) is 6.07 Å². The fourth-order valence-electron chi connectivity index (χ4n) is 5.24. The molecule has 0 radical (unpaired) electrons. The molecule has 2 fully saturated rings. The number of carbonyl (C=O) groups excluding carboxylic acids is 2. The second-order valence-electron chi connectivity index (χ2n) is 9.68. The number of aryl methyl sites for hydroxylation is 1. The summed E-state index contributed by atoms with van der Waals surface area (Å²) >= 11 is 0. The molecule has 0 spiro atoms. The Hall–Kier alpha value is -2.85. The summed E-state index contributed by atoms with van der Waals surface area (Å²) in [4.78, 5) is 31.1. The van der Waals surface area contributed by atoms with Crippen LogP contribution in [0.4, 0.5) is 10.1 Å². The minimum atomic E-state index is -1.33. The Balaban J connectivity index is 1.80. The number of morpholine rings is 1. The Kier molecular flexibility index (Phi) is 9.26. The Bertz CT molecular complexity index is 1080. The molecule has 2 aliphatic rings. The lowest BCUT2D eigenvalue weighted by Crippen LogP contribution is -2.60. The number of nitrogens with one attached hydrogen (secondary N) is 1. The van der Waals surface area contributed by atoms with E-state index in [-0.39, 0.29) is 30.8 Å². The zero-order valence-corrected chi connectivity index (χ0v) is 21.4. The molecule has 0 aromatic heterocycles. The molecule has 1 aliphatic heterocycles. The van der Waals surface area contributed by atoms with Crippen molar-refractivity contribution in [2.45, 2.75) is 63.6 Å². The molecule has 9 heteroatoms. The summed E-state index contributed by atoms with van der Waals surface area (Å²) in [6.07, 6.45) is 3.64. The fraction of sp³-hybridized carbons (Fsp3) is 0.500.